The van der Waals surface area contributed by atoms with Gasteiger partial charge in [-0.05, 0) is 45.4 Å². The van der Waals surface area contributed by atoms with E-state index in [1.165, 1.54) is 12.0 Å². The van der Waals surface area contributed by atoms with Crippen LogP contribution in [-0.4, -0.2) is 49.7 Å². The summed E-state index contributed by atoms with van der Waals surface area (Å²) in [5.41, 5.74) is 2.62. The van der Waals surface area contributed by atoms with Crippen molar-refractivity contribution in [3.63, 3.8) is 0 Å². The number of fused-ring (bicyclic) bond motifs is 1. The van der Waals surface area contributed by atoms with E-state index in [4.69, 9.17) is 14.7 Å². The van der Waals surface area contributed by atoms with Gasteiger partial charge in [0.15, 0.2) is 5.76 Å². The van der Waals surface area contributed by atoms with E-state index in [0.29, 0.717) is 6.04 Å². The average Bonchev–Trinajstić information content (AvgIpc) is 2.91. The molecule has 2 aliphatic carbocycles. The van der Waals surface area contributed by atoms with Gasteiger partial charge in [-0.2, -0.15) is 0 Å². The maximum absolute atomic E-state index is 9.15. The van der Waals surface area contributed by atoms with E-state index in [1.54, 1.807) is 14.2 Å². The minimum Gasteiger partial charge on any atom is -0.497 e. The van der Waals surface area contributed by atoms with Gasteiger partial charge in [0.2, 0.25) is 0 Å². The number of rotatable bonds is 3. The number of oxime groups is 1. The predicted molar refractivity (Wildman–Crippen MR) is 84.9 cm³/mol. The molecule has 1 saturated carbocycles. The highest BCUT2D eigenvalue weighted by Gasteiger charge is 2.51. The van der Waals surface area contributed by atoms with Crippen molar-refractivity contribution < 1.29 is 14.7 Å². The SMILES string of the molecule is COC1=C(OC)CCC([C@@]23CC/C(=N/O)C[C@@H]2N(C)CC3)=C1. The summed E-state index contributed by atoms with van der Waals surface area (Å²) in [6.07, 6.45) is 8.14. The van der Waals surface area contributed by atoms with Crippen LogP contribution in [0.2, 0.25) is 0 Å². The predicted octanol–water partition coefficient (Wildman–Crippen LogP) is 2.92. The van der Waals surface area contributed by atoms with Gasteiger partial charge >= 0.3 is 0 Å². The summed E-state index contributed by atoms with van der Waals surface area (Å²) in [7, 11) is 5.60. The van der Waals surface area contributed by atoms with E-state index < -0.39 is 0 Å². The molecule has 1 aliphatic heterocycles. The average molecular weight is 306 g/mol. The highest BCUT2D eigenvalue weighted by molar-refractivity contribution is 5.85. The van der Waals surface area contributed by atoms with Crippen molar-refractivity contribution in [1.82, 2.24) is 4.90 Å². The molecule has 1 heterocycles. The molecular formula is C17H26N2O3. The fraction of sp³-hybridized carbons (Fsp3) is 0.706. The Morgan fingerprint density at radius 2 is 2.05 bits per heavy atom. The van der Waals surface area contributed by atoms with Crippen LogP contribution in [0.25, 0.3) is 0 Å². The molecule has 0 bridgehead atoms. The molecule has 5 heteroatoms. The first-order valence-electron chi connectivity index (χ1n) is 8.07. The summed E-state index contributed by atoms with van der Waals surface area (Å²) in [4.78, 5) is 2.42. The third kappa shape index (κ3) is 2.32. The van der Waals surface area contributed by atoms with Crippen LogP contribution in [-0.2, 0) is 9.47 Å². The standard InChI is InChI=1S/C17H26N2O3/c1-19-9-8-17(7-6-13(18-20)11-16(17)19)12-4-5-14(21-2)15(10-12)22-3/h10,16,20H,4-9,11H2,1-3H3/b18-13-/t16-,17-/m0/s1. The first-order valence-corrected chi connectivity index (χ1v) is 8.07. The molecule has 122 valence electrons. The lowest BCUT2D eigenvalue weighted by Gasteiger charge is -2.44. The lowest BCUT2D eigenvalue weighted by molar-refractivity contribution is 0.173. The Bertz CT molecular complexity index is 538. The third-order valence-corrected chi connectivity index (χ3v) is 5.82. The normalized spacial score (nSPS) is 34.6. The van der Waals surface area contributed by atoms with Crippen molar-refractivity contribution in [3.8, 4) is 0 Å². The molecule has 3 aliphatic rings. The Morgan fingerprint density at radius 1 is 1.23 bits per heavy atom. The summed E-state index contributed by atoms with van der Waals surface area (Å²) >= 11 is 0. The molecule has 2 atom stereocenters. The van der Waals surface area contributed by atoms with Gasteiger partial charge in [0, 0.05) is 24.3 Å². The van der Waals surface area contributed by atoms with Gasteiger partial charge in [0.05, 0.1) is 19.9 Å². The van der Waals surface area contributed by atoms with Crippen LogP contribution in [0.5, 0.6) is 0 Å². The Labute approximate surface area is 132 Å². The molecule has 0 radical (unpaired) electrons. The second-order valence-corrected chi connectivity index (χ2v) is 6.64. The second kappa shape index (κ2) is 5.95. The Morgan fingerprint density at radius 3 is 2.73 bits per heavy atom. The van der Waals surface area contributed by atoms with Crippen LogP contribution in [0.4, 0.5) is 0 Å². The van der Waals surface area contributed by atoms with Crippen molar-refractivity contribution in [2.75, 3.05) is 27.8 Å². The molecule has 0 aromatic heterocycles. The second-order valence-electron chi connectivity index (χ2n) is 6.64. The number of likely N-dealkylation sites (tertiary alicyclic amines) is 1. The lowest BCUT2D eigenvalue weighted by atomic mass is 9.63. The summed E-state index contributed by atoms with van der Waals surface area (Å²) in [5.74, 6) is 1.81. The zero-order chi connectivity index (χ0) is 15.7. The van der Waals surface area contributed by atoms with Crippen molar-refractivity contribution >= 4 is 5.71 Å². The lowest BCUT2D eigenvalue weighted by Crippen LogP contribution is -2.44. The Kier molecular flexibility index (Phi) is 4.17. The minimum absolute atomic E-state index is 0.200. The van der Waals surface area contributed by atoms with Gasteiger partial charge in [0.25, 0.3) is 0 Å². The van der Waals surface area contributed by atoms with Crippen LogP contribution < -0.4 is 0 Å². The van der Waals surface area contributed by atoms with Crippen LogP contribution in [0.15, 0.2) is 28.3 Å². The van der Waals surface area contributed by atoms with Crippen molar-refractivity contribution in [3.05, 3.63) is 23.2 Å². The molecule has 0 spiro atoms. The number of hydrogen-bond acceptors (Lipinski definition) is 5. The van der Waals surface area contributed by atoms with Gasteiger partial charge in [-0.25, -0.2) is 0 Å². The van der Waals surface area contributed by atoms with Gasteiger partial charge in [-0.15, -0.1) is 0 Å². The molecular weight excluding hydrogens is 280 g/mol. The number of hydrogen-bond donors (Lipinski definition) is 1. The van der Waals surface area contributed by atoms with E-state index in [-0.39, 0.29) is 5.41 Å². The molecule has 2 fully saturated rings. The van der Waals surface area contributed by atoms with E-state index in [0.717, 1.165) is 55.9 Å². The highest BCUT2D eigenvalue weighted by atomic mass is 16.5. The van der Waals surface area contributed by atoms with Crippen LogP contribution >= 0.6 is 0 Å². The van der Waals surface area contributed by atoms with E-state index in [9.17, 15) is 0 Å². The Balaban J connectivity index is 1.96. The highest BCUT2D eigenvalue weighted by Crippen LogP contribution is 2.53. The van der Waals surface area contributed by atoms with Gasteiger partial charge in [-0.3, -0.25) is 0 Å². The molecule has 3 rings (SSSR count). The fourth-order valence-electron chi connectivity index (χ4n) is 4.53. The third-order valence-electron chi connectivity index (χ3n) is 5.82. The van der Waals surface area contributed by atoms with E-state index in [1.807, 2.05) is 0 Å². The fourth-order valence-corrected chi connectivity index (χ4v) is 4.53. The number of nitrogens with zero attached hydrogens (tertiary/aromatic N) is 2. The van der Waals surface area contributed by atoms with Gasteiger partial charge in [0.1, 0.15) is 5.76 Å². The summed E-state index contributed by atoms with van der Waals surface area (Å²) in [6.45, 7) is 1.10. The summed E-state index contributed by atoms with van der Waals surface area (Å²) < 4.78 is 11.0. The van der Waals surface area contributed by atoms with Crippen LogP contribution in [0.1, 0.15) is 38.5 Å². The van der Waals surface area contributed by atoms with E-state index in [2.05, 4.69) is 23.2 Å². The smallest absolute Gasteiger partial charge is 0.156 e. The first kappa shape index (κ1) is 15.4. The quantitative estimate of drug-likeness (QED) is 0.643. The van der Waals surface area contributed by atoms with Crippen LogP contribution in [0.3, 0.4) is 0 Å². The molecule has 0 aromatic carbocycles. The van der Waals surface area contributed by atoms with Gasteiger partial charge < -0.3 is 19.6 Å². The topological polar surface area (TPSA) is 54.3 Å². The van der Waals surface area contributed by atoms with Gasteiger partial charge in [-0.1, -0.05) is 10.7 Å². The van der Waals surface area contributed by atoms with Crippen molar-refractivity contribution in [2.24, 2.45) is 10.6 Å². The summed E-state index contributed by atoms with van der Waals surface area (Å²) in [6, 6.07) is 0.431. The maximum Gasteiger partial charge on any atom is 0.156 e. The minimum atomic E-state index is 0.200. The largest absolute Gasteiger partial charge is 0.497 e. The summed E-state index contributed by atoms with van der Waals surface area (Å²) in [5, 5.41) is 12.6. The monoisotopic (exact) mass is 306 g/mol. The number of ether oxygens (including phenoxy) is 2. The molecule has 1 N–H and O–H groups in total. The van der Waals surface area contributed by atoms with Crippen LogP contribution in [0, 0.1) is 5.41 Å². The number of methoxy groups -OCH3 is 2. The van der Waals surface area contributed by atoms with E-state index >= 15 is 0 Å². The Hall–Kier alpha value is -1.49. The molecule has 0 amide bonds. The molecule has 0 unspecified atom stereocenters. The van der Waals surface area contributed by atoms with Crippen molar-refractivity contribution in [1.29, 1.82) is 0 Å². The molecule has 0 aromatic rings. The maximum atomic E-state index is 9.15. The molecule has 5 nitrogen and oxygen atoms in total. The molecule has 1 saturated heterocycles. The zero-order valence-corrected chi connectivity index (χ0v) is 13.8. The zero-order valence-electron chi connectivity index (χ0n) is 13.8. The number of allylic oxidation sites excluding steroid dienone is 2. The molecule has 22 heavy (non-hydrogen) atoms. The van der Waals surface area contributed by atoms with Crippen molar-refractivity contribution in [2.45, 2.75) is 44.6 Å². The first-order chi connectivity index (χ1) is 10.6.